The minimum Gasteiger partial charge on any atom is -0.361 e. The van der Waals surface area contributed by atoms with Crippen molar-refractivity contribution >= 4 is 22.7 Å². The average Bonchev–Trinajstić information content (AvgIpc) is 3.48. The lowest BCUT2D eigenvalue weighted by molar-refractivity contribution is -0.130. The lowest BCUT2D eigenvalue weighted by Gasteiger charge is -2.28. The maximum atomic E-state index is 13.2. The summed E-state index contributed by atoms with van der Waals surface area (Å²) in [5.41, 5.74) is 4.49. The Labute approximate surface area is 188 Å². The van der Waals surface area contributed by atoms with E-state index < -0.39 is 6.04 Å². The van der Waals surface area contributed by atoms with Crippen molar-refractivity contribution in [2.24, 2.45) is 0 Å². The summed E-state index contributed by atoms with van der Waals surface area (Å²) in [6.07, 6.45) is 7.36. The van der Waals surface area contributed by atoms with E-state index in [0.29, 0.717) is 19.4 Å². The van der Waals surface area contributed by atoms with Gasteiger partial charge in [0.2, 0.25) is 11.8 Å². The molecule has 2 amide bonds. The van der Waals surface area contributed by atoms with E-state index in [1.807, 2.05) is 36.5 Å². The van der Waals surface area contributed by atoms with Crippen LogP contribution < -0.4 is 16.0 Å². The number of aromatic amines is 1. The smallest absolute Gasteiger partial charge is 0.243 e. The van der Waals surface area contributed by atoms with Gasteiger partial charge in [-0.3, -0.25) is 9.59 Å². The van der Waals surface area contributed by atoms with E-state index in [0.717, 1.165) is 42.1 Å². The molecular weight excluding hydrogens is 400 g/mol. The fourth-order valence-corrected chi connectivity index (χ4v) is 5.01. The molecule has 1 aromatic heterocycles. The van der Waals surface area contributed by atoms with Gasteiger partial charge < -0.3 is 20.9 Å². The molecule has 0 unspecified atom stereocenters. The van der Waals surface area contributed by atoms with E-state index in [4.69, 9.17) is 0 Å². The lowest BCUT2D eigenvalue weighted by atomic mass is 9.95. The molecule has 2 aromatic carbocycles. The minimum absolute atomic E-state index is 0.0910. The number of carbonyl (C=O) groups is 2. The molecule has 2 atom stereocenters. The molecule has 0 radical (unpaired) electrons. The number of benzene rings is 2. The molecular formula is C26H30N4O2. The Hall–Kier alpha value is -3.12. The van der Waals surface area contributed by atoms with Crippen molar-refractivity contribution in [3.05, 3.63) is 71.4 Å². The minimum atomic E-state index is -0.610. The van der Waals surface area contributed by atoms with Crippen LogP contribution in [-0.4, -0.2) is 34.9 Å². The highest BCUT2D eigenvalue weighted by Crippen LogP contribution is 2.21. The van der Waals surface area contributed by atoms with Crippen molar-refractivity contribution in [2.45, 2.75) is 63.2 Å². The van der Waals surface area contributed by atoms with Gasteiger partial charge in [-0.2, -0.15) is 0 Å². The molecule has 6 heteroatoms. The van der Waals surface area contributed by atoms with Gasteiger partial charge in [0.1, 0.15) is 6.04 Å². The first kappa shape index (κ1) is 20.8. The standard InChI is InChI=1S/C26H30N4O2/c31-25(23-13-17-7-1-2-8-18(17)15-28-23)30-24(26(32)29-20-9-3-4-10-20)14-19-16-27-22-12-6-5-11-21(19)22/h1-2,5-8,11-12,16,20,23-24,27-28H,3-4,9-10,13-15H2,(H,29,32)(H,30,31)/t23-,24+/m0/s1. The molecule has 1 aliphatic carbocycles. The molecule has 2 heterocycles. The second-order valence-electron chi connectivity index (χ2n) is 9.02. The van der Waals surface area contributed by atoms with Crippen LogP contribution in [0.15, 0.2) is 54.7 Å². The van der Waals surface area contributed by atoms with Gasteiger partial charge in [0, 0.05) is 36.1 Å². The lowest BCUT2D eigenvalue weighted by Crippen LogP contribution is -2.55. The summed E-state index contributed by atoms with van der Waals surface area (Å²) in [7, 11) is 0. The number of rotatable bonds is 6. The Balaban J connectivity index is 1.33. The third-order valence-corrected chi connectivity index (χ3v) is 6.83. The maximum absolute atomic E-state index is 13.2. The second-order valence-corrected chi connectivity index (χ2v) is 9.02. The third-order valence-electron chi connectivity index (χ3n) is 6.83. The summed E-state index contributed by atoms with van der Waals surface area (Å²) >= 11 is 0. The van der Waals surface area contributed by atoms with Crippen LogP contribution in [0.3, 0.4) is 0 Å². The number of amides is 2. The van der Waals surface area contributed by atoms with Crippen molar-refractivity contribution < 1.29 is 9.59 Å². The zero-order valence-electron chi connectivity index (χ0n) is 18.2. The van der Waals surface area contributed by atoms with Crippen LogP contribution in [0, 0.1) is 0 Å². The highest BCUT2D eigenvalue weighted by molar-refractivity contribution is 5.91. The molecule has 0 bridgehead atoms. The zero-order chi connectivity index (χ0) is 21.9. The highest BCUT2D eigenvalue weighted by Gasteiger charge is 2.30. The number of nitrogens with one attached hydrogen (secondary N) is 4. The van der Waals surface area contributed by atoms with Crippen LogP contribution in [0.4, 0.5) is 0 Å². The fourth-order valence-electron chi connectivity index (χ4n) is 5.01. The summed E-state index contributed by atoms with van der Waals surface area (Å²) < 4.78 is 0. The normalized spacial score (nSPS) is 19.4. The third kappa shape index (κ3) is 4.41. The average molecular weight is 431 g/mol. The van der Waals surface area contributed by atoms with Crippen LogP contribution in [0.5, 0.6) is 0 Å². The zero-order valence-corrected chi connectivity index (χ0v) is 18.2. The van der Waals surface area contributed by atoms with Crippen LogP contribution in [0.1, 0.15) is 42.4 Å². The SMILES string of the molecule is O=C(N[C@H](Cc1c[nH]c2ccccc12)C(=O)NC1CCCC1)[C@@H]1Cc2ccccc2CN1. The van der Waals surface area contributed by atoms with Crippen molar-refractivity contribution in [3.63, 3.8) is 0 Å². The predicted octanol–water partition coefficient (Wildman–Crippen LogP) is 2.97. The van der Waals surface area contributed by atoms with Crippen LogP contribution in [0.25, 0.3) is 10.9 Å². The van der Waals surface area contributed by atoms with Crippen molar-refractivity contribution in [1.29, 1.82) is 0 Å². The molecule has 166 valence electrons. The summed E-state index contributed by atoms with van der Waals surface area (Å²) in [5.74, 6) is -0.211. The summed E-state index contributed by atoms with van der Waals surface area (Å²) in [5, 5.41) is 10.7. The summed E-state index contributed by atoms with van der Waals surface area (Å²) in [6, 6.07) is 15.5. The van der Waals surface area contributed by atoms with E-state index >= 15 is 0 Å². The van der Waals surface area contributed by atoms with Crippen LogP contribution in [-0.2, 0) is 29.0 Å². The Morgan fingerprint density at radius 1 is 1.00 bits per heavy atom. The molecule has 0 spiro atoms. The Kier molecular flexibility index (Phi) is 5.95. The summed E-state index contributed by atoms with van der Waals surface area (Å²) in [6.45, 7) is 0.662. The van der Waals surface area contributed by atoms with Crippen molar-refractivity contribution in [2.75, 3.05) is 0 Å². The Morgan fingerprint density at radius 2 is 1.75 bits per heavy atom. The topological polar surface area (TPSA) is 86.0 Å². The van der Waals surface area contributed by atoms with Gasteiger partial charge in [-0.15, -0.1) is 0 Å². The quantitative estimate of drug-likeness (QED) is 0.485. The maximum Gasteiger partial charge on any atom is 0.243 e. The number of para-hydroxylation sites is 1. The number of fused-ring (bicyclic) bond motifs is 2. The second kappa shape index (κ2) is 9.17. The van der Waals surface area contributed by atoms with E-state index in [2.05, 4.69) is 39.1 Å². The Morgan fingerprint density at radius 3 is 2.59 bits per heavy atom. The first-order valence-electron chi connectivity index (χ1n) is 11.6. The van der Waals surface area contributed by atoms with Crippen molar-refractivity contribution in [1.82, 2.24) is 20.9 Å². The van der Waals surface area contributed by atoms with E-state index in [1.165, 1.54) is 11.1 Å². The van der Waals surface area contributed by atoms with Crippen LogP contribution in [0.2, 0.25) is 0 Å². The first-order valence-corrected chi connectivity index (χ1v) is 11.6. The van der Waals surface area contributed by atoms with Gasteiger partial charge in [-0.25, -0.2) is 0 Å². The molecule has 3 aromatic rings. The van der Waals surface area contributed by atoms with Gasteiger partial charge in [-0.05, 0) is 42.0 Å². The van der Waals surface area contributed by atoms with E-state index in [1.54, 1.807) is 0 Å². The van der Waals surface area contributed by atoms with Gasteiger partial charge in [0.15, 0.2) is 0 Å². The fraction of sp³-hybridized carbons (Fsp3) is 0.385. The molecule has 2 aliphatic rings. The molecule has 1 fully saturated rings. The highest BCUT2D eigenvalue weighted by atomic mass is 16.2. The number of hydrogen-bond acceptors (Lipinski definition) is 3. The number of carbonyl (C=O) groups excluding carboxylic acids is 2. The summed E-state index contributed by atoms with van der Waals surface area (Å²) in [4.78, 5) is 29.7. The van der Waals surface area contributed by atoms with Gasteiger partial charge in [0.05, 0.1) is 6.04 Å². The van der Waals surface area contributed by atoms with E-state index in [9.17, 15) is 9.59 Å². The number of hydrogen-bond donors (Lipinski definition) is 4. The molecule has 5 rings (SSSR count). The van der Waals surface area contributed by atoms with E-state index in [-0.39, 0.29) is 23.9 Å². The number of H-pyrrole nitrogens is 1. The largest absolute Gasteiger partial charge is 0.361 e. The molecule has 1 aliphatic heterocycles. The van der Waals surface area contributed by atoms with Gasteiger partial charge >= 0.3 is 0 Å². The first-order chi connectivity index (χ1) is 15.7. The predicted molar refractivity (Wildman–Crippen MR) is 125 cm³/mol. The molecule has 0 saturated heterocycles. The Bertz CT molecular complexity index is 1120. The monoisotopic (exact) mass is 430 g/mol. The van der Waals surface area contributed by atoms with Crippen LogP contribution >= 0.6 is 0 Å². The molecule has 6 nitrogen and oxygen atoms in total. The van der Waals surface area contributed by atoms with Gasteiger partial charge in [0.25, 0.3) is 0 Å². The van der Waals surface area contributed by atoms with Crippen molar-refractivity contribution in [3.8, 4) is 0 Å². The van der Waals surface area contributed by atoms with Gasteiger partial charge in [-0.1, -0.05) is 55.3 Å². The molecule has 32 heavy (non-hydrogen) atoms. The number of aromatic nitrogens is 1. The molecule has 1 saturated carbocycles. The molecule has 4 N–H and O–H groups in total.